The largest absolute Gasteiger partial charge is 0.438 e. The average molecular weight is 240 g/mol. The Balaban J connectivity index is 2.62. The number of amides is 1. The fraction of sp³-hybridized carbons (Fsp3) is 0.667. The summed E-state index contributed by atoms with van der Waals surface area (Å²) in [5, 5.41) is 12.2. The highest BCUT2D eigenvalue weighted by Crippen LogP contribution is 2.24. The maximum absolute atomic E-state index is 11.8. The van der Waals surface area contributed by atoms with Crippen molar-refractivity contribution in [1.29, 1.82) is 0 Å². The van der Waals surface area contributed by atoms with E-state index in [1.807, 2.05) is 13.8 Å². The highest BCUT2D eigenvalue weighted by molar-refractivity contribution is 5.92. The van der Waals surface area contributed by atoms with Crippen molar-refractivity contribution in [2.24, 2.45) is 5.41 Å². The number of nitrogens with one attached hydrogen (secondary N) is 1. The topological polar surface area (TPSA) is 75.4 Å². The van der Waals surface area contributed by atoms with Crippen LogP contribution in [-0.2, 0) is 0 Å². The maximum atomic E-state index is 11.8. The zero-order valence-electron chi connectivity index (χ0n) is 10.6. The Kier molecular flexibility index (Phi) is 4.69. The van der Waals surface area contributed by atoms with Crippen molar-refractivity contribution in [2.75, 3.05) is 13.2 Å². The third-order valence-electron chi connectivity index (χ3n) is 3.41. The first-order valence-corrected chi connectivity index (χ1v) is 5.87. The molecule has 0 atom stereocenters. The van der Waals surface area contributed by atoms with Crippen molar-refractivity contribution in [3.63, 3.8) is 0 Å². The van der Waals surface area contributed by atoms with Crippen molar-refractivity contribution in [2.45, 2.75) is 33.6 Å². The molecule has 0 radical (unpaired) electrons. The Labute approximate surface area is 101 Å². The Morgan fingerprint density at radius 2 is 2.18 bits per heavy atom. The average Bonchev–Trinajstić information content (AvgIpc) is 2.78. The second-order valence-corrected chi connectivity index (χ2v) is 4.31. The predicted octanol–water partition coefficient (Wildman–Crippen LogP) is 1.51. The van der Waals surface area contributed by atoms with Gasteiger partial charge in [0.15, 0.2) is 6.39 Å². The second kappa shape index (κ2) is 5.82. The molecule has 1 rings (SSSR count). The zero-order valence-corrected chi connectivity index (χ0v) is 10.6. The Morgan fingerprint density at radius 1 is 1.53 bits per heavy atom. The van der Waals surface area contributed by atoms with Crippen molar-refractivity contribution < 1.29 is 14.3 Å². The van der Waals surface area contributed by atoms with Crippen LogP contribution in [0.25, 0.3) is 0 Å². The number of hydrogen-bond donors (Lipinski definition) is 2. The molecule has 0 spiro atoms. The van der Waals surface area contributed by atoms with Gasteiger partial charge >= 0.3 is 0 Å². The summed E-state index contributed by atoms with van der Waals surface area (Å²) >= 11 is 0. The summed E-state index contributed by atoms with van der Waals surface area (Å²) in [6.07, 6.45) is 2.88. The van der Waals surface area contributed by atoms with Crippen LogP contribution in [-0.4, -0.2) is 29.1 Å². The molecule has 5 heteroatoms. The van der Waals surface area contributed by atoms with E-state index in [0.29, 0.717) is 12.2 Å². The third kappa shape index (κ3) is 3.06. The molecule has 1 aromatic heterocycles. The molecule has 0 unspecified atom stereocenters. The molecule has 17 heavy (non-hydrogen) atoms. The summed E-state index contributed by atoms with van der Waals surface area (Å²) in [5.74, 6) is -0.0382. The van der Waals surface area contributed by atoms with Gasteiger partial charge in [0, 0.05) is 12.0 Å². The predicted molar refractivity (Wildman–Crippen MR) is 63.7 cm³/mol. The van der Waals surface area contributed by atoms with E-state index in [0.717, 1.165) is 12.8 Å². The second-order valence-electron chi connectivity index (χ2n) is 4.31. The summed E-state index contributed by atoms with van der Waals surface area (Å²) in [6, 6.07) is 0. The molecular weight excluding hydrogens is 220 g/mol. The lowest BCUT2D eigenvalue weighted by atomic mass is 9.83. The van der Waals surface area contributed by atoms with Crippen LogP contribution in [0.1, 0.15) is 42.9 Å². The van der Waals surface area contributed by atoms with Gasteiger partial charge in [-0.25, -0.2) is 4.98 Å². The molecule has 1 heterocycles. The van der Waals surface area contributed by atoms with Crippen molar-refractivity contribution in [3.8, 4) is 0 Å². The first kappa shape index (κ1) is 13.7. The van der Waals surface area contributed by atoms with E-state index >= 15 is 0 Å². The number of nitrogens with zero attached hydrogens (tertiary/aromatic N) is 1. The van der Waals surface area contributed by atoms with E-state index in [4.69, 9.17) is 4.42 Å². The number of carbonyl (C=O) groups excluding carboxylic acids is 1. The Bertz CT molecular complexity index is 361. The highest BCUT2D eigenvalue weighted by Gasteiger charge is 2.26. The van der Waals surface area contributed by atoms with Crippen LogP contribution in [0.5, 0.6) is 0 Å². The zero-order chi connectivity index (χ0) is 12.9. The monoisotopic (exact) mass is 240 g/mol. The van der Waals surface area contributed by atoms with E-state index in [1.165, 1.54) is 6.39 Å². The smallest absolute Gasteiger partial charge is 0.289 e. The van der Waals surface area contributed by atoms with E-state index in [9.17, 15) is 9.90 Å². The van der Waals surface area contributed by atoms with Gasteiger partial charge in [0.1, 0.15) is 0 Å². The molecule has 0 aliphatic heterocycles. The summed E-state index contributed by atoms with van der Waals surface area (Å²) in [5.41, 5.74) is 0.328. The molecule has 0 aliphatic rings. The van der Waals surface area contributed by atoms with Crippen LogP contribution in [0, 0.1) is 12.3 Å². The van der Waals surface area contributed by atoms with Gasteiger partial charge in [0.2, 0.25) is 5.76 Å². The molecule has 1 amide bonds. The van der Waals surface area contributed by atoms with Gasteiger partial charge in [0.05, 0.1) is 12.3 Å². The van der Waals surface area contributed by atoms with Crippen LogP contribution >= 0.6 is 0 Å². The third-order valence-corrected chi connectivity index (χ3v) is 3.41. The number of aromatic nitrogens is 1. The van der Waals surface area contributed by atoms with E-state index in [2.05, 4.69) is 10.3 Å². The molecular formula is C12H20N2O3. The van der Waals surface area contributed by atoms with Crippen LogP contribution in [0.4, 0.5) is 0 Å². The summed E-state index contributed by atoms with van der Waals surface area (Å²) in [7, 11) is 0. The van der Waals surface area contributed by atoms with E-state index < -0.39 is 0 Å². The van der Waals surface area contributed by atoms with Gasteiger partial charge in [-0.2, -0.15) is 0 Å². The fourth-order valence-corrected chi connectivity index (χ4v) is 1.65. The number of aliphatic hydroxyl groups excluding tert-OH is 1. The van der Waals surface area contributed by atoms with Crippen molar-refractivity contribution >= 4 is 5.91 Å². The molecule has 0 aliphatic carbocycles. The fourth-order valence-electron chi connectivity index (χ4n) is 1.65. The molecule has 0 aromatic carbocycles. The lowest BCUT2D eigenvalue weighted by Gasteiger charge is -2.29. The lowest BCUT2D eigenvalue weighted by Crippen LogP contribution is -2.39. The first-order valence-electron chi connectivity index (χ1n) is 5.87. The normalized spacial score (nSPS) is 11.5. The highest BCUT2D eigenvalue weighted by atomic mass is 16.3. The minimum atomic E-state index is -0.278. The van der Waals surface area contributed by atoms with Crippen molar-refractivity contribution in [1.82, 2.24) is 10.3 Å². The summed E-state index contributed by atoms with van der Waals surface area (Å²) in [4.78, 5) is 15.7. The number of carbonyl (C=O) groups is 1. The van der Waals surface area contributed by atoms with Crippen LogP contribution < -0.4 is 5.32 Å². The Hall–Kier alpha value is -1.36. The van der Waals surface area contributed by atoms with Gasteiger partial charge in [-0.3, -0.25) is 4.79 Å². The van der Waals surface area contributed by atoms with Gasteiger partial charge in [-0.1, -0.05) is 13.8 Å². The molecule has 5 nitrogen and oxygen atoms in total. The first-order chi connectivity index (χ1) is 8.08. The number of oxazole rings is 1. The van der Waals surface area contributed by atoms with Crippen LogP contribution in [0.2, 0.25) is 0 Å². The van der Waals surface area contributed by atoms with E-state index in [1.54, 1.807) is 6.92 Å². The molecule has 1 aromatic rings. The molecule has 0 saturated carbocycles. The Morgan fingerprint density at radius 3 is 2.59 bits per heavy atom. The SMILES string of the molecule is CCC(CC)(CO)CNC(=O)c1ocnc1C. The summed E-state index contributed by atoms with van der Waals surface area (Å²) < 4.78 is 5.01. The number of hydrogen-bond acceptors (Lipinski definition) is 4. The van der Waals surface area contributed by atoms with Crippen LogP contribution in [0.15, 0.2) is 10.8 Å². The van der Waals surface area contributed by atoms with Gasteiger partial charge in [-0.15, -0.1) is 0 Å². The van der Waals surface area contributed by atoms with Crippen LogP contribution in [0.3, 0.4) is 0 Å². The van der Waals surface area contributed by atoms with Crippen molar-refractivity contribution in [3.05, 3.63) is 17.8 Å². The molecule has 0 saturated heterocycles. The lowest BCUT2D eigenvalue weighted by molar-refractivity contribution is 0.0826. The summed E-state index contributed by atoms with van der Waals surface area (Å²) in [6.45, 7) is 6.24. The maximum Gasteiger partial charge on any atom is 0.289 e. The minimum absolute atomic E-state index is 0.0651. The van der Waals surface area contributed by atoms with Gasteiger partial charge in [-0.05, 0) is 19.8 Å². The molecule has 2 N–H and O–H groups in total. The molecule has 0 fully saturated rings. The van der Waals surface area contributed by atoms with Gasteiger partial charge in [0.25, 0.3) is 5.91 Å². The van der Waals surface area contributed by atoms with E-state index in [-0.39, 0.29) is 23.7 Å². The molecule has 96 valence electrons. The number of aryl methyl sites for hydroxylation is 1. The van der Waals surface area contributed by atoms with Gasteiger partial charge < -0.3 is 14.8 Å². The minimum Gasteiger partial charge on any atom is -0.438 e. The number of aliphatic hydroxyl groups is 1. The standard InChI is InChI=1S/C12H20N2O3/c1-4-12(5-2,7-15)6-13-11(16)10-9(3)14-8-17-10/h8,15H,4-7H2,1-3H3,(H,13,16). The molecule has 0 bridgehead atoms. The quantitative estimate of drug-likeness (QED) is 0.790. The number of rotatable bonds is 6.